The van der Waals surface area contributed by atoms with Crippen molar-refractivity contribution >= 4 is 5.82 Å². The number of benzene rings is 1. The second-order valence-electron chi connectivity index (χ2n) is 7.38. The molecule has 31 heavy (non-hydrogen) atoms. The zero-order valence-corrected chi connectivity index (χ0v) is 17.6. The molecule has 4 aromatic rings. The van der Waals surface area contributed by atoms with Gasteiger partial charge in [-0.25, -0.2) is 9.97 Å². The first kappa shape index (κ1) is 20.8. The summed E-state index contributed by atoms with van der Waals surface area (Å²) in [5, 5.41) is 15.1. The minimum atomic E-state index is -0.955. The van der Waals surface area contributed by atoms with Crippen molar-refractivity contribution in [2.45, 2.75) is 38.3 Å². The van der Waals surface area contributed by atoms with Crippen LogP contribution in [0.5, 0.6) is 0 Å². The molecule has 0 aliphatic rings. The lowest BCUT2D eigenvalue weighted by Crippen LogP contribution is -2.26. The normalized spacial score (nSPS) is 14.0. The first-order valence-electron chi connectivity index (χ1n) is 10.4. The summed E-state index contributed by atoms with van der Waals surface area (Å²) in [6.45, 7) is 3.84. The van der Waals surface area contributed by atoms with Crippen LogP contribution in [0.25, 0.3) is 0 Å². The van der Waals surface area contributed by atoms with E-state index in [0.717, 1.165) is 11.3 Å². The molecule has 2 N–H and O–H groups in total. The van der Waals surface area contributed by atoms with Gasteiger partial charge in [0.05, 0.1) is 17.7 Å². The number of pyridine rings is 2. The first-order valence-corrected chi connectivity index (χ1v) is 10.4. The van der Waals surface area contributed by atoms with Gasteiger partial charge in [-0.15, -0.1) is 0 Å². The van der Waals surface area contributed by atoms with E-state index in [0.29, 0.717) is 29.6 Å². The molecule has 3 aromatic heterocycles. The molecule has 4 rings (SSSR count). The Hall–Kier alpha value is -3.51. The maximum absolute atomic E-state index is 11.6. The van der Waals surface area contributed by atoms with Gasteiger partial charge in [0.25, 0.3) is 0 Å². The maximum Gasteiger partial charge on any atom is 0.194 e. The van der Waals surface area contributed by atoms with Crippen LogP contribution in [0.4, 0.5) is 5.82 Å². The average molecular weight is 415 g/mol. The van der Waals surface area contributed by atoms with E-state index in [9.17, 15) is 5.11 Å². The average Bonchev–Trinajstić information content (AvgIpc) is 3.21. The van der Waals surface area contributed by atoms with E-state index in [1.807, 2.05) is 80.6 Å². The standard InChI is InChI=1S/C25H26N4O2/c1-3-21-28-17(2)25(31-21)24(30)22(19-13-7-9-15-26-19)23(18-11-5-4-6-12-18)29-20-14-8-10-16-27-20/h4-16,22-24,30H,3H2,1-2H3,(H,27,29). The third kappa shape index (κ3) is 4.64. The molecule has 0 amide bonds. The third-order valence-electron chi connectivity index (χ3n) is 5.30. The fraction of sp³-hybridized carbons (Fsp3) is 0.240. The molecule has 0 radical (unpaired) electrons. The number of hydrogen-bond donors (Lipinski definition) is 2. The highest BCUT2D eigenvalue weighted by Crippen LogP contribution is 2.42. The van der Waals surface area contributed by atoms with Crippen molar-refractivity contribution in [3.05, 3.63) is 108 Å². The molecule has 0 saturated heterocycles. The van der Waals surface area contributed by atoms with Crippen molar-refractivity contribution in [2.75, 3.05) is 5.32 Å². The van der Waals surface area contributed by atoms with E-state index in [4.69, 9.17) is 4.42 Å². The van der Waals surface area contributed by atoms with Crippen LogP contribution in [-0.4, -0.2) is 20.1 Å². The van der Waals surface area contributed by atoms with Crippen LogP contribution in [0.2, 0.25) is 0 Å². The molecular formula is C25H26N4O2. The summed E-state index contributed by atoms with van der Waals surface area (Å²) in [5.41, 5.74) is 2.45. The molecule has 0 bridgehead atoms. The van der Waals surface area contributed by atoms with E-state index >= 15 is 0 Å². The lowest BCUT2D eigenvalue weighted by molar-refractivity contribution is 0.107. The van der Waals surface area contributed by atoms with E-state index in [2.05, 4.69) is 20.3 Å². The number of nitrogens with zero attached hydrogens (tertiary/aromatic N) is 3. The minimum Gasteiger partial charge on any atom is -0.443 e. The lowest BCUT2D eigenvalue weighted by Gasteiger charge is -2.31. The van der Waals surface area contributed by atoms with Gasteiger partial charge in [-0.2, -0.15) is 0 Å². The smallest absolute Gasteiger partial charge is 0.194 e. The van der Waals surface area contributed by atoms with E-state index in [1.54, 1.807) is 12.4 Å². The minimum absolute atomic E-state index is 0.310. The Balaban J connectivity index is 1.83. The molecule has 0 fully saturated rings. The summed E-state index contributed by atoms with van der Waals surface area (Å²) in [6, 6.07) is 21.1. The molecule has 158 valence electrons. The molecular weight excluding hydrogens is 388 g/mol. The van der Waals surface area contributed by atoms with Crippen LogP contribution in [-0.2, 0) is 6.42 Å². The molecule has 3 atom stereocenters. The number of anilines is 1. The van der Waals surface area contributed by atoms with Gasteiger partial charge in [-0.1, -0.05) is 49.4 Å². The van der Waals surface area contributed by atoms with Crippen LogP contribution in [0.15, 0.2) is 83.5 Å². The van der Waals surface area contributed by atoms with Gasteiger partial charge >= 0.3 is 0 Å². The predicted molar refractivity (Wildman–Crippen MR) is 120 cm³/mol. The number of aryl methyl sites for hydroxylation is 2. The molecule has 3 heterocycles. The Kier molecular flexibility index (Phi) is 6.38. The van der Waals surface area contributed by atoms with Gasteiger partial charge in [-0.05, 0) is 36.8 Å². The first-order chi connectivity index (χ1) is 15.2. The quantitative estimate of drug-likeness (QED) is 0.422. The molecule has 3 unspecified atom stereocenters. The molecule has 6 heteroatoms. The van der Waals surface area contributed by atoms with E-state index < -0.39 is 12.0 Å². The van der Waals surface area contributed by atoms with Gasteiger partial charge in [0.1, 0.15) is 11.9 Å². The van der Waals surface area contributed by atoms with Crippen LogP contribution >= 0.6 is 0 Å². The van der Waals surface area contributed by atoms with E-state index in [-0.39, 0.29) is 6.04 Å². The Morgan fingerprint density at radius 2 is 1.65 bits per heavy atom. The van der Waals surface area contributed by atoms with Crippen LogP contribution in [0.1, 0.15) is 53.6 Å². The summed E-state index contributed by atoms with van der Waals surface area (Å²) in [4.78, 5) is 13.5. The van der Waals surface area contributed by atoms with E-state index in [1.165, 1.54) is 0 Å². The SMILES string of the molecule is CCc1nc(C)c(C(O)C(c2ccccn2)C(Nc2ccccn2)c2ccccc2)o1. The number of aliphatic hydroxyl groups is 1. The zero-order chi connectivity index (χ0) is 21.6. The Morgan fingerprint density at radius 1 is 0.935 bits per heavy atom. The number of aromatic nitrogens is 3. The van der Waals surface area contributed by atoms with Crippen LogP contribution in [0.3, 0.4) is 0 Å². The highest BCUT2D eigenvalue weighted by molar-refractivity contribution is 5.41. The molecule has 0 aliphatic heterocycles. The van der Waals surface area contributed by atoms with Crippen molar-refractivity contribution < 1.29 is 9.52 Å². The van der Waals surface area contributed by atoms with Gasteiger partial charge in [0.15, 0.2) is 11.7 Å². The second-order valence-corrected chi connectivity index (χ2v) is 7.38. The molecule has 0 saturated carbocycles. The number of oxazole rings is 1. The largest absolute Gasteiger partial charge is 0.443 e. The van der Waals surface area contributed by atoms with Gasteiger partial charge in [-0.3, -0.25) is 4.98 Å². The molecule has 0 spiro atoms. The summed E-state index contributed by atoms with van der Waals surface area (Å²) in [5.74, 6) is 1.35. The monoisotopic (exact) mass is 414 g/mol. The topological polar surface area (TPSA) is 84.1 Å². The van der Waals surface area contributed by atoms with Gasteiger partial charge in [0.2, 0.25) is 0 Å². The lowest BCUT2D eigenvalue weighted by atomic mass is 9.84. The summed E-state index contributed by atoms with van der Waals surface area (Å²) < 4.78 is 5.93. The Bertz CT molecular complexity index is 1080. The fourth-order valence-electron chi connectivity index (χ4n) is 3.79. The van der Waals surface area contributed by atoms with Gasteiger partial charge in [0, 0.05) is 24.5 Å². The molecule has 0 aliphatic carbocycles. The Morgan fingerprint density at radius 3 is 2.26 bits per heavy atom. The molecule has 1 aromatic carbocycles. The number of rotatable bonds is 8. The summed E-state index contributed by atoms with van der Waals surface area (Å²) in [6.07, 6.45) is 3.19. The van der Waals surface area contributed by atoms with Crippen molar-refractivity contribution in [3.63, 3.8) is 0 Å². The Labute approximate surface area is 182 Å². The fourth-order valence-corrected chi connectivity index (χ4v) is 3.79. The van der Waals surface area contributed by atoms with Crippen LogP contribution in [0, 0.1) is 6.92 Å². The number of aliphatic hydroxyl groups excluding tert-OH is 1. The maximum atomic E-state index is 11.6. The second kappa shape index (κ2) is 9.53. The third-order valence-corrected chi connectivity index (χ3v) is 5.30. The number of hydrogen-bond acceptors (Lipinski definition) is 6. The van der Waals surface area contributed by atoms with Crippen molar-refractivity contribution in [1.29, 1.82) is 0 Å². The predicted octanol–water partition coefficient (Wildman–Crippen LogP) is 5.01. The molecule has 6 nitrogen and oxygen atoms in total. The van der Waals surface area contributed by atoms with Gasteiger partial charge < -0.3 is 14.8 Å². The highest BCUT2D eigenvalue weighted by atomic mass is 16.4. The zero-order valence-electron chi connectivity index (χ0n) is 17.6. The van der Waals surface area contributed by atoms with Crippen molar-refractivity contribution in [2.24, 2.45) is 0 Å². The van der Waals surface area contributed by atoms with Crippen molar-refractivity contribution in [3.8, 4) is 0 Å². The van der Waals surface area contributed by atoms with Crippen molar-refractivity contribution in [1.82, 2.24) is 15.0 Å². The van der Waals surface area contributed by atoms with Crippen LogP contribution < -0.4 is 5.32 Å². The highest BCUT2D eigenvalue weighted by Gasteiger charge is 2.36. The summed E-state index contributed by atoms with van der Waals surface area (Å²) in [7, 11) is 0. The number of nitrogens with one attached hydrogen (secondary N) is 1. The summed E-state index contributed by atoms with van der Waals surface area (Å²) >= 11 is 0.